The van der Waals surface area contributed by atoms with Crippen LogP contribution in [0.25, 0.3) is 6.08 Å². The highest BCUT2D eigenvalue weighted by Crippen LogP contribution is 2.35. The minimum absolute atomic E-state index is 0.321. The van der Waals surface area contributed by atoms with Crippen molar-refractivity contribution in [2.45, 2.75) is 65.1 Å². The van der Waals surface area contributed by atoms with E-state index in [-0.39, 0.29) is 0 Å². The fourth-order valence-corrected chi connectivity index (χ4v) is 5.62. The van der Waals surface area contributed by atoms with Crippen molar-refractivity contribution in [2.75, 3.05) is 6.54 Å². The van der Waals surface area contributed by atoms with E-state index in [0.717, 1.165) is 47.4 Å². The Labute approximate surface area is 244 Å². The van der Waals surface area contributed by atoms with Gasteiger partial charge in [-0.05, 0) is 79.3 Å². The van der Waals surface area contributed by atoms with E-state index in [4.69, 9.17) is 16.1 Å². The van der Waals surface area contributed by atoms with Gasteiger partial charge in [0.05, 0.1) is 25.7 Å². The predicted molar refractivity (Wildman–Crippen MR) is 172 cm³/mol. The van der Waals surface area contributed by atoms with Crippen molar-refractivity contribution in [1.29, 1.82) is 5.41 Å². The maximum atomic E-state index is 7.33. The number of nitrogens with two attached hydrogens (primary N) is 1. The number of hydrogen-bond acceptors (Lipinski definition) is 6. The molecule has 212 valence electrons. The van der Waals surface area contributed by atoms with Crippen LogP contribution in [0.5, 0.6) is 0 Å². The Morgan fingerprint density at radius 3 is 2.63 bits per heavy atom. The third kappa shape index (κ3) is 7.19. The second-order valence-corrected chi connectivity index (χ2v) is 11.5. The first kappa shape index (κ1) is 28.5. The zero-order chi connectivity index (χ0) is 28.8. The van der Waals surface area contributed by atoms with Crippen LogP contribution >= 0.6 is 0 Å². The largest absolute Gasteiger partial charge is 0.383 e. The topological polar surface area (TPSA) is 89.9 Å². The number of nitrogens with one attached hydrogen (secondary N) is 2. The molecular formula is C35H42N6. The van der Waals surface area contributed by atoms with Crippen LogP contribution in [0, 0.1) is 11.3 Å². The number of rotatable bonds is 11. The molecule has 0 bridgehead atoms. The molecule has 0 aromatic heterocycles. The van der Waals surface area contributed by atoms with Gasteiger partial charge < -0.3 is 16.2 Å². The van der Waals surface area contributed by atoms with Crippen molar-refractivity contribution in [3.63, 3.8) is 0 Å². The van der Waals surface area contributed by atoms with E-state index in [1.165, 1.54) is 47.7 Å². The molecule has 2 aromatic rings. The lowest BCUT2D eigenvalue weighted by atomic mass is 9.77. The van der Waals surface area contributed by atoms with Crippen LogP contribution < -0.4 is 11.2 Å². The number of benzene rings is 2. The molecule has 1 fully saturated rings. The first-order valence-corrected chi connectivity index (χ1v) is 14.7. The lowest BCUT2D eigenvalue weighted by Crippen LogP contribution is -2.43. The zero-order valence-electron chi connectivity index (χ0n) is 24.4. The molecule has 1 aliphatic carbocycles. The molecule has 2 aromatic carbocycles. The van der Waals surface area contributed by atoms with Crippen molar-refractivity contribution in [3.05, 3.63) is 112 Å². The van der Waals surface area contributed by atoms with Crippen LogP contribution in [-0.4, -0.2) is 35.4 Å². The lowest BCUT2D eigenvalue weighted by Gasteiger charge is -2.34. The standard InChI is InChI=1S/C35H42N6/c1-24(18-25(2)20-36)9-10-27-11-13-28(14-12-27)22-41-23-33(34(40-41)30-6-4-7-30)26(3)39-21-29-15-16-32-31(19-29)8-5-17-38-35(32)37/h5,8,11-16,18-20,23,30,34,36,40H,1,4,6-7,9-10,17,21-22H2,2-3H3,(H2,37,38). The maximum Gasteiger partial charge on any atom is 0.126 e. The Hall–Kier alpha value is -4.03. The molecule has 2 heterocycles. The summed E-state index contributed by atoms with van der Waals surface area (Å²) < 4.78 is 0. The quantitative estimate of drug-likeness (QED) is 0.221. The van der Waals surface area contributed by atoms with E-state index in [2.05, 4.69) is 89.7 Å². The second-order valence-electron chi connectivity index (χ2n) is 11.5. The number of hydrazine groups is 1. The van der Waals surface area contributed by atoms with Crippen LogP contribution in [0.1, 0.15) is 67.3 Å². The minimum Gasteiger partial charge on any atom is -0.383 e. The highest BCUT2D eigenvalue weighted by atomic mass is 15.5. The molecule has 6 nitrogen and oxygen atoms in total. The molecule has 1 saturated carbocycles. The Morgan fingerprint density at radius 2 is 1.90 bits per heavy atom. The SMILES string of the molecule is C=C(C=C(C)C=N)CCc1ccc(CN2C=C(C(C)=NCc3ccc4c(c3)C=CCN=C4N)C(C3CCC3)N2)cc1. The summed E-state index contributed by atoms with van der Waals surface area (Å²) >= 11 is 0. The summed E-state index contributed by atoms with van der Waals surface area (Å²) in [5.41, 5.74) is 20.2. The first-order valence-electron chi connectivity index (χ1n) is 14.7. The summed E-state index contributed by atoms with van der Waals surface area (Å²) in [5.74, 6) is 1.27. The minimum atomic E-state index is 0.321. The molecule has 1 unspecified atom stereocenters. The van der Waals surface area contributed by atoms with Gasteiger partial charge in [0.2, 0.25) is 0 Å². The molecule has 1 atom stereocenters. The van der Waals surface area contributed by atoms with Crippen molar-refractivity contribution >= 4 is 23.8 Å². The average Bonchev–Trinajstić information content (AvgIpc) is 3.25. The maximum absolute atomic E-state index is 7.33. The molecule has 0 saturated heterocycles. The fourth-order valence-electron chi connectivity index (χ4n) is 5.62. The van der Waals surface area contributed by atoms with Crippen LogP contribution in [0.3, 0.4) is 0 Å². The van der Waals surface area contributed by atoms with Crippen molar-refractivity contribution in [2.24, 2.45) is 21.6 Å². The number of aryl methyl sites for hydroxylation is 1. The van der Waals surface area contributed by atoms with Crippen LogP contribution in [0.2, 0.25) is 0 Å². The van der Waals surface area contributed by atoms with Gasteiger partial charge >= 0.3 is 0 Å². The van der Waals surface area contributed by atoms with Crippen LogP contribution in [-0.2, 0) is 19.5 Å². The normalized spacial score (nSPS) is 19.3. The van der Waals surface area contributed by atoms with Crippen molar-refractivity contribution in [3.8, 4) is 0 Å². The van der Waals surface area contributed by atoms with Gasteiger partial charge in [0.25, 0.3) is 0 Å². The zero-order valence-corrected chi connectivity index (χ0v) is 24.4. The molecule has 0 amide bonds. The summed E-state index contributed by atoms with van der Waals surface area (Å²) in [7, 11) is 0. The number of aliphatic imine (C=N–C) groups is 2. The van der Waals surface area contributed by atoms with Gasteiger partial charge in [-0.25, -0.2) is 5.43 Å². The van der Waals surface area contributed by atoms with Crippen molar-refractivity contribution < 1.29 is 0 Å². The third-order valence-electron chi connectivity index (χ3n) is 8.30. The van der Waals surface area contributed by atoms with E-state index >= 15 is 0 Å². The van der Waals surface area contributed by atoms with Gasteiger partial charge in [-0.15, -0.1) is 0 Å². The average molecular weight is 547 g/mol. The van der Waals surface area contributed by atoms with Gasteiger partial charge in [-0.3, -0.25) is 9.98 Å². The number of nitrogens with zero attached hydrogens (tertiary/aromatic N) is 3. The molecule has 41 heavy (non-hydrogen) atoms. The number of fused-ring (bicyclic) bond motifs is 1. The van der Waals surface area contributed by atoms with E-state index in [9.17, 15) is 0 Å². The lowest BCUT2D eigenvalue weighted by molar-refractivity contribution is 0.184. The molecule has 3 aliphatic rings. The third-order valence-corrected chi connectivity index (χ3v) is 8.30. The summed E-state index contributed by atoms with van der Waals surface area (Å²) in [6, 6.07) is 15.6. The molecule has 6 heteroatoms. The van der Waals surface area contributed by atoms with E-state index in [1.54, 1.807) is 0 Å². The highest BCUT2D eigenvalue weighted by Gasteiger charge is 2.35. The van der Waals surface area contributed by atoms with Gasteiger partial charge in [-0.2, -0.15) is 0 Å². The first-order chi connectivity index (χ1) is 19.9. The summed E-state index contributed by atoms with van der Waals surface area (Å²) in [5, 5.41) is 9.58. The molecule has 0 spiro atoms. The van der Waals surface area contributed by atoms with Gasteiger partial charge in [0.1, 0.15) is 5.84 Å². The van der Waals surface area contributed by atoms with E-state index < -0.39 is 0 Å². The van der Waals surface area contributed by atoms with E-state index in [0.29, 0.717) is 30.9 Å². The summed E-state index contributed by atoms with van der Waals surface area (Å²) in [4.78, 5) is 9.42. The molecule has 2 aliphatic heterocycles. The number of allylic oxidation sites excluding steroid dienone is 3. The Bertz CT molecular complexity index is 1440. The van der Waals surface area contributed by atoms with Crippen LogP contribution in [0.4, 0.5) is 0 Å². The molecule has 5 rings (SSSR count). The Morgan fingerprint density at radius 1 is 1.15 bits per heavy atom. The van der Waals surface area contributed by atoms with Gasteiger partial charge in [0, 0.05) is 29.3 Å². The Balaban J connectivity index is 1.24. The van der Waals surface area contributed by atoms with E-state index in [1.807, 2.05) is 13.0 Å². The number of amidine groups is 1. The van der Waals surface area contributed by atoms with Crippen LogP contribution in [0.15, 0.2) is 94.1 Å². The predicted octanol–water partition coefficient (Wildman–Crippen LogP) is 6.54. The molecule has 0 radical (unpaired) electrons. The highest BCUT2D eigenvalue weighted by molar-refractivity contribution is 6.01. The number of hydrogen-bond donors (Lipinski definition) is 3. The van der Waals surface area contributed by atoms with Gasteiger partial charge in [0.15, 0.2) is 0 Å². The second kappa shape index (κ2) is 13.1. The smallest absolute Gasteiger partial charge is 0.126 e. The monoisotopic (exact) mass is 546 g/mol. The fraction of sp³-hybridized carbons (Fsp3) is 0.343. The molecule has 4 N–H and O–H groups in total. The van der Waals surface area contributed by atoms with Gasteiger partial charge in [-0.1, -0.05) is 73.2 Å². The molecular weight excluding hydrogens is 504 g/mol. The Kier molecular flexibility index (Phi) is 9.10. The van der Waals surface area contributed by atoms with Crippen molar-refractivity contribution in [1.82, 2.24) is 10.4 Å². The summed E-state index contributed by atoms with van der Waals surface area (Å²) in [6.07, 6.45) is 15.5. The summed E-state index contributed by atoms with van der Waals surface area (Å²) in [6.45, 7) is 10.3.